The van der Waals surface area contributed by atoms with E-state index in [1.54, 1.807) is 32.4 Å². The second kappa shape index (κ2) is 8.79. The summed E-state index contributed by atoms with van der Waals surface area (Å²) in [6.45, 7) is 3.84. The van der Waals surface area contributed by atoms with Crippen molar-refractivity contribution < 1.29 is 23.4 Å². The Morgan fingerprint density at radius 1 is 1.00 bits per heavy atom. The SMILES string of the molecule is COc1ccc(-c2nnc(SCC(=O)Oc3cc(C)ccc3C)o2)cc1OC. The maximum absolute atomic E-state index is 12.1. The van der Waals surface area contributed by atoms with Gasteiger partial charge in [-0.25, -0.2) is 0 Å². The van der Waals surface area contributed by atoms with Gasteiger partial charge in [0, 0.05) is 5.56 Å². The molecule has 0 amide bonds. The van der Waals surface area contributed by atoms with Crippen molar-refractivity contribution in [3.05, 3.63) is 47.5 Å². The molecule has 8 heteroatoms. The predicted octanol–water partition coefficient (Wildman–Crippen LogP) is 4.07. The van der Waals surface area contributed by atoms with Crippen molar-refractivity contribution in [3.63, 3.8) is 0 Å². The predicted molar refractivity (Wildman–Crippen MR) is 105 cm³/mol. The van der Waals surface area contributed by atoms with Crippen LogP contribution < -0.4 is 14.2 Å². The van der Waals surface area contributed by atoms with E-state index in [1.807, 2.05) is 32.0 Å². The van der Waals surface area contributed by atoms with Gasteiger partial charge in [0.1, 0.15) is 11.5 Å². The molecule has 0 fully saturated rings. The number of benzene rings is 2. The minimum Gasteiger partial charge on any atom is -0.493 e. The minimum atomic E-state index is -0.385. The van der Waals surface area contributed by atoms with E-state index < -0.39 is 0 Å². The number of hydrogen-bond donors (Lipinski definition) is 0. The van der Waals surface area contributed by atoms with Gasteiger partial charge in [-0.05, 0) is 49.2 Å². The molecule has 0 N–H and O–H groups in total. The number of carbonyl (C=O) groups is 1. The first kappa shape index (κ1) is 19.8. The Balaban J connectivity index is 1.63. The summed E-state index contributed by atoms with van der Waals surface area (Å²) in [6, 6.07) is 11.0. The van der Waals surface area contributed by atoms with Gasteiger partial charge in [-0.3, -0.25) is 4.79 Å². The third-order valence-corrected chi connectivity index (χ3v) is 4.71. The van der Waals surface area contributed by atoms with Crippen molar-refractivity contribution in [1.82, 2.24) is 10.2 Å². The van der Waals surface area contributed by atoms with E-state index in [4.69, 9.17) is 18.6 Å². The molecule has 0 atom stereocenters. The summed E-state index contributed by atoms with van der Waals surface area (Å²) in [5.74, 6) is 1.72. The Labute approximate surface area is 167 Å². The van der Waals surface area contributed by atoms with E-state index >= 15 is 0 Å². The largest absolute Gasteiger partial charge is 0.493 e. The molecule has 7 nitrogen and oxygen atoms in total. The normalized spacial score (nSPS) is 10.6. The number of esters is 1. The van der Waals surface area contributed by atoms with Gasteiger partial charge in [-0.2, -0.15) is 0 Å². The van der Waals surface area contributed by atoms with Gasteiger partial charge in [-0.15, -0.1) is 10.2 Å². The third-order valence-electron chi connectivity index (χ3n) is 3.92. The third kappa shape index (κ3) is 4.64. The summed E-state index contributed by atoms with van der Waals surface area (Å²) >= 11 is 1.12. The molecule has 1 aromatic heterocycles. The minimum absolute atomic E-state index is 0.0565. The smallest absolute Gasteiger partial charge is 0.321 e. The van der Waals surface area contributed by atoms with Crippen molar-refractivity contribution in [3.8, 4) is 28.7 Å². The van der Waals surface area contributed by atoms with Crippen molar-refractivity contribution >= 4 is 17.7 Å². The Morgan fingerprint density at radius 3 is 2.54 bits per heavy atom. The van der Waals surface area contributed by atoms with Crippen molar-refractivity contribution in [2.24, 2.45) is 0 Å². The zero-order valence-electron chi connectivity index (χ0n) is 16.0. The van der Waals surface area contributed by atoms with Crippen LogP contribution in [-0.2, 0) is 4.79 Å². The molecule has 0 bridgehead atoms. The highest BCUT2D eigenvalue weighted by atomic mass is 32.2. The summed E-state index contributed by atoms with van der Waals surface area (Å²) in [4.78, 5) is 12.1. The highest BCUT2D eigenvalue weighted by molar-refractivity contribution is 7.99. The van der Waals surface area contributed by atoms with Gasteiger partial charge in [0.05, 0.1) is 14.2 Å². The van der Waals surface area contributed by atoms with E-state index in [0.29, 0.717) is 28.7 Å². The Morgan fingerprint density at radius 2 is 1.79 bits per heavy atom. The summed E-state index contributed by atoms with van der Waals surface area (Å²) < 4.78 is 21.5. The maximum atomic E-state index is 12.1. The number of thioether (sulfide) groups is 1. The lowest BCUT2D eigenvalue weighted by Crippen LogP contribution is -2.11. The molecule has 0 unspecified atom stereocenters. The first-order valence-electron chi connectivity index (χ1n) is 8.46. The van der Waals surface area contributed by atoms with Gasteiger partial charge in [0.2, 0.25) is 5.89 Å². The van der Waals surface area contributed by atoms with Crippen LogP contribution in [0, 0.1) is 13.8 Å². The van der Waals surface area contributed by atoms with Crippen LogP contribution in [0.3, 0.4) is 0 Å². The van der Waals surface area contributed by atoms with Crippen LogP contribution in [0.15, 0.2) is 46.0 Å². The second-order valence-corrected chi connectivity index (χ2v) is 6.90. The Kier molecular flexibility index (Phi) is 6.20. The number of aromatic nitrogens is 2. The van der Waals surface area contributed by atoms with Gasteiger partial charge in [0.25, 0.3) is 5.22 Å². The van der Waals surface area contributed by atoms with E-state index in [2.05, 4.69) is 10.2 Å². The van der Waals surface area contributed by atoms with Crippen LogP contribution in [0.2, 0.25) is 0 Å². The van der Waals surface area contributed by atoms with Crippen LogP contribution in [0.25, 0.3) is 11.5 Å². The Bertz CT molecular complexity index is 986. The van der Waals surface area contributed by atoms with Crippen molar-refractivity contribution in [2.45, 2.75) is 19.1 Å². The standard InChI is InChI=1S/C20H20N2O5S/c1-12-5-6-13(2)16(9-12)26-18(23)11-28-20-22-21-19(27-20)14-7-8-15(24-3)17(10-14)25-4/h5-10H,11H2,1-4H3. The van der Waals surface area contributed by atoms with Gasteiger partial charge in [-0.1, -0.05) is 23.9 Å². The van der Waals surface area contributed by atoms with E-state index in [-0.39, 0.29) is 16.9 Å². The number of carbonyl (C=O) groups excluding carboxylic acids is 1. The average Bonchev–Trinajstić information content (AvgIpc) is 3.17. The molecule has 28 heavy (non-hydrogen) atoms. The first-order chi connectivity index (χ1) is 13.5. The van der Waals surface area contributed by atoms with Crippen molar-refractivity contribution in [2.75, 3.05) is 20.0 Å². The van der Waals surface area contributed by atoms with E-state index in [9.17, 15) is 4.79 Å². The van der Waals surface area contributed by atoms with Crippen LogP contribution in [0.5, 0.6) is 17.2 Å². The molecule has 2 aromatic carbocycles. The number of hydrogen-bond acceptors (Lipinski definition) is 8. The molecule has 0 aliphatic heterocycles. The van der Waals surface area contributed by atoms with Crippen LogP contribution in [-0.4, -0.2) is 36.1 Å². The summed E-state index contributed by atoms with van der Waals surface area (Å²) in [7, 11) is 3.12. The van der Waals surface area contributed by atoms with Crippen LogP contribution in [0.4, 0.5) is 0 Å². The summed E-state index contributed by atoms with van der Waals surface area (Å²) in [5, 5.41) is 8.27. The van der Waals surface area contributed by atoms with Crippen LogP contribution in [0.1, 0.15) is 11.1 Å². The lowest BCUT2D eigenvalue weighted by molar-refractivity contribution is -0.131. The topological polar surface area (TPSA) is 83.7 Å². The molecule has 146 valence electrons. The zero-order chi connectivity index (χ0) is 20.1. The fourth-order valence-corrected chi connectivity index (χ4v) is 2.98. The molecule has 3 rings (SSSR count). The Hall–Kier alpha value is -3.00. The molecule has 0 aliphatic rings. The summed E-state index contributed by atoms with van der Waals surface area (Å²) in [6.07, 6.45) is 0. The number of nitrogens with zero attached hydrogens (tertiary/aromatic N) is 2. The second-order valence-electron chi connectivity index (χ2n) is 5.97. The lowest BCUT2D eigenvalue weighted by atomic mass is 10.1. The van der Waals surface area contributed by atoms with Gasteiger partial charge in [0.15, 0.2) is 11.5 Å². The number of rotatable bonds is 7. The lowest BCUT2D eigenvalue weighted by Gasteiger charge is -2.07. The molecule has 0 spiro atoms. The summed E-state index contributed by atoms with van der Waals surface area (Å²) in [5.41, 5.74) is 2.62. The molecule has 3 aromatic rings. The monoisotopic (exact) mass is 400 g/mol. The number of ether oxygens (including phenoxy) is 3. The molecular formula is C20H20N2O5S. The van der Waals surface area contributed by atoms with Crippen molar-refractivity contribution in [1.29, 1.82) is 0 Å². The molecule has 0 radical (unpaired) electrons. The molecule has 0 saturated carbocycles. The molecule has 0 aliphatic carbocycles. The van der Waals surface area contributed by atoms with Gasteiger partial charge >= 0.3 is 5.97 Å². The number of methoxy groups -OCH3 is 2. The quantitative estimate of drug-likeness (QED) is 0.333. The first-order valence-corrected chi connectivity index (χ1v) is 9.45. The fraction of sp³-hybridized carbons (Fsp3) is 0.250. The van der Waals surface area contributed by atoms with Gasteiger partial charge < -0.3 is 18.6 Å². The molecule has 0 saturated heterocycles. The highest BCUT2D eigenvalue weighted by Crippen LogP contribution is 2.32. The average molecular weight is 400 g/mol. The number of aryl methyl sites for hydroxylation is 2. The highest BCUT2D eigenvalue weighted by Gasteiger charge is 2.15. The van der Waals surface area contributed by atoms with E-state index in [0.717, 1.165) is 22.9 Å². The molecular weight excluding hydrogens is 380 g/mol. The molecule has 1 heterocycles. The zero-order valence-corrected chi connectivity index (χ0v) is 16.8. The van der Waals surface area contributed by atoms with Crippen LogP contribution >= 0.6 is 11.8 Å². The fourth-order valence-electron chi connectivity index (χ4n) is 2.44. The van der Waals surface area contributed by atoms with E-state index in [1.165, 1.54) is 0 Å². The maximum Gasteiger partial charge on any atom is 0.321 e.